The van der Waals surface area contributed by atoms with Gasteiger partial charge in [-0.1, -0.05) is 24.6 Å². The summed E-state index contributed by atoms with van der Waals surface area (Å²) in [5, 5.41) is 11.8. The van der Waals surface area contributed by atoms with Gasteiger partial charge in [-0.2, -0.15) is 0 Å². The molecule has 0 saturated heterocycles. The monoisotopic (exact) mass is 306 g/mol. The van der Waals surface area contributed by atoms with Crippen molar-refractivity contribution in [2.24, 2.45) is 9.98 Å². The molecule has 0 aliphatic carbocycles. The van der Waals surface area contributed by atoms with Gasteiger partial charge in [0.25, 0.3) is 6.04 Å². The van der Waals surface area contributed by atoms with Gasteiger partial charge >= 0.3 is 0 Å². The molecule has 0 bridgehead atoms. The third-order valence-corrected chi connectivity index (χ3v) is 3.91. The average Bonchev–Trinajstić information content (AvgIpc) is 2.95. The Morgan fingerprint density at radius 2 is 2.29 bits per heavy atom. The van der Waals surface area contributed by atoms with Crippen molar-refractivity contribution in [3.63, 3.8) is 0 Å². The summed E-state index contributed by atoms with van der Waals surface area (Å²) < 4.78 is 0. The summed E-state index contributed by atoms with van der Waals surface area (Å²) in [6, 6.07) is 2.44. The van der Waals surface area contributed by atoms with Gasteiger partial charge in [0.05, 0.1) is 6.21 Å². The zero-order chi connectivity index (χ0) is 15.5. The molecule has 0 fully saturated rings. The lowest BCUT2D eigenvalue weighted by molar-refractivity contribution is -0.510. The van der Waals surface area contributed by atoms with Crippen LogP contribution in [0.3, 0.4) is 0 Å². The molecule has 0 amide bonds. The second kappa shape index (κ2) is 6.13. The van der Waals surface area contributed by atoms with Crippen LogP contribution in [0.15, 0.2) is 40.5 Å². The van der Waals surface area contributed by atoms with Gasteiger partial charge in [0.15, 0.2) is 5.54 Å². The number of hydrogen-bond donors (Lipinski definition) is 0. The van der Waals surface area contributed by atoms with Crippen molar-refractivity contribution in [2.75, 3.05) is 7.05 Å². The maximum atomic E-state index is 11.4. The van der Waals surface area contributed by atoms with Gasteiger partial charge in [-0.25, -0.2) is 4.98 Å². The molecule has 1 aromatic heterocycles. The number of nitrogens with zero attached hydrogens (tertiary/aromatic N) is 4. The maximum absolute atomic E-state index is 11.4. The molecule has 2 rings (SSSR count). The summed E-state index contributed by atoms with van der Waals surface area (Å²) in [6.07, 6.45) is 8.00. The Hall–Kier alpha value is -2.08. The van der Waals surface area contributed by atoms with E-state index in [4.69, 9.17) is 11.6 Å². The molecule has 21 heavy (non-hydrogen) atoms. The van der Waals surface area contributed by atoms with Crippen molar-refractivity contribution < 1.29 is 4.92 Å². The number of halogens is 1. The SMILES string of the molecule is CN=CC([N+](=O)[O-])C1(C(C)c2ccc(Cl)nc2)C=CC=N1. The first kappa shape index (κ1) is 15.3. The zero-order valence-corrected chi connectivity index (χ0v) is 12.4. The smallest absolute Gasteiger partial charge is 0.276 e. The molecule has 7 heteroatoms. The number of aliphatic imine (C=N–C) groups is 2. The number of hydrogen-bond acceptors (Lipinski definition) is 5. The first-order valence-corrected chi connectivity index (χ1v) is 6.79. The van der Waals surface area contributed by atoms with Gasteiger partial charge in [0, 0.05) is 30.3 Å². The van der Waals surface area contributed by atoms with Crippen LogP contribution < -0.4 is 0 Å². The minimum atomic E-state index is -1.04. The van der Waals surface area contributed by atoms with Crippen molar-refractivity contribution in [2.45, 2.75) is 24.4 Å². The van der Waals surface area contributed by atoms with Crippen LogP contribution in [0.25, 0.3) is 0 Å². The van der Waals surface area contributed by atoms with Gasteiger partial charge in [0.1, 0.15) is 5.15 Å². The molecular weight excluding hydrogens is 292 g/mol. The van der Waals surface area contributed by atoms with Crippen LogP contribution in [0.4, 0.5) is 0 Å². The van der Waals surface area contributed by atoms with E-state index >= 15 is 0 Å². The Kier molecular flexibility index (Phi) is 4.47. The molecule has 0 spiro atoms. The van der Waals surface area contributed by atoms with Crippen molar-refractivity contribution >= 4 is 24.0 Å². The summed E-state index contributed by atoms with van der Waals surface area (Å²) in [7, 11) is 1.51. The van der Waals surface area contributed by atoms with Gasteiger partial charge in [-0.05, 0) is 23.8 Å². The summed E-state index contributed by atoms with van der Waals surface area (Å²) >= 11 is 5.79. The zero-order valence-electron chi connectivity index (χ0n) is 11.7. The van der Waals surface area contributed by atoms with E-state index in [0.717, 1.165) is 5.56 Å². The molecule has 0 saturated carbocycles. The van der Waals surface area contributed by atoms with Crippen molar-refractivity contribution in [3.8, 4) is 0 Å². The highest BCUT2D eigenvalue weighted by Gasteiger charge is 2.49. The minimum Gasteiger partial charge on any atom is -0.294 e. The number of nitro groups is 1. The highest BCUT2D eigenvalue weighted by atomic mass is 35.5. The maximum Gasteiger partial charge on any atom is 0.276 e. The normalized spacial score (nSPS) is 23.6. The van der Waals surface area contributed by atoms with E-state index in [1.807, 2.05) is 13.0 Å². The van der Waals surface area contributed by atoms with Crippen LogP contribution in [0.2, 0.25) is 5.15 Å². The van der Waals surface area contributed by atoms with Crippen molar-refractivity contribution in [3.05, 3.63) is 51.3 Å². The lowest BCUT2D eigenvalue weighted by atomic mass is 9.77. The van der Waals surface area contributed by atoms with E-state index in [2.05, 4.69) is 15.0 Å². The Balaban J connectivity index is 2.47. The van der Waals surface area contributed by atoms with Crippen LogP contribution in [0, 0.1) is 10.1 Å². The minimum absolute atomic E-state index is 0.245. The van der Waals surface area contributed by atoms with E-state index in [0.29, 0.717) is 5.15 Å². The Labute approximate surface area is 127 Å². The Bertz CT molecular complexity index is 598. The quantitative estimate of drug-likeness (QED) is 0.363. The van der Waals surface area contributed by atoms with Crippen LogP contribution in [-0.2, 0) is 0 Å². The molecule has 6 nitrogen and oxygen atoms in total. The van der Waals surface area contributed by atoms with E-state index in [-0.39, 0.29) is 10.8 Å². The van der Waals surface area contributed by atoms with Crippen LogP contribution in [0.1, 0.15) is 18.4 Å². The standard InChI is InChI=1S/C14H15ClN4O2/c1-10(11-4-5-13(15)17-8-11)14(6-3-7-18-14)12(9-16-2)19(20)21/h3-10,12H,1-2H3. The molecule has 2 heterocycles. The van der Waals surface area contributed by atoms with E-state index in [1.54, 1.807) is 30.6 Å². The molecular formula is C14H15ClN4O2. The van der Waals surface area contributed by atoms with Crippen LogP contribution >= 0.6 is 11.6 Å². The summed E-state index contributed by atoms with van der Waals surface area (Å²) in [4.78, 5) is 23.3. The second-order valence-electron chi connectivity index (χ2n) is 4.80. The predicted molar refractivity (Wildman–Crippen MR) is 83.2 cm³/mol. The van der Waals surface area contributed by atoms with E-state index < -0.39 is 11.6 Å². The van der Waals surface area contributed by atoms with Gasteiger partial charge in [-0.3, -0.25) is 20.1 Å². The summed E-state index contributed by atoms with van der Waals surface area (Å²) in [5.74, 6) is -0.245. The predicted octanol–water partition coefficient (Wildman–Crippen LogP) is 2.56. The number of aromatic nitrogens is 1. The molecule has 110 valence electrons. The van der Waals surface area contributed by atoms with Gasteiger partial charge < -0.3 is 0 Å². The van der Waals surface area contributed by atoms with Crippen LogP contribution in [-0.4, -0.2) is 41.0 Å². The Morgan fingerprint density at radius 3 is 2.76 bits per heavy atom. The fourth-order valence-electron chi connectivity index (χ4n) is 2.49. The molecule has 1 aromatic rings. The summed E-state index contributed by atoms with van der Waals surface area (Å²) in [6.45, 7) is 1.89. The molecule has 3 unspecified atom stereocenters. The fourth-order valence-corrected chi connectivity index (χ4v) is 2.61. The van der Waals surface area contributed by atoms with Crippen LogP contribution in [0.5, 0.6) is 0 Å². The Morgan fingerprint density at radius 1 is 1.52 bits per heavy atom. The van der Waals surface area contributed by atoms with Gasteiger partial charge in [-0.15, -0.1) is 0 Å². The van der Waals surface area contributed by atoms with Crippen molar-refractivity contribution in [1.82, 2.24) is 4.98 Å². The molecule has 0 aromatic carbocycles. The number of pyridine rings is 1. The molecule has 0 N–H and O–H groups in total. The highest BCUT2D eigenvalue weighted by molar-refractivity contribution is 6.29. The first-order chi connectivity index (χ1) is 10.0. The van der Waals surface area contributed by atoms with Gasteiger partial charge in [0.2, 0.25) is 0 Å². The molecule has 0 radical (unpaired) electrons. The number of allylic oxidation sites excluding steroid dienone is 1. The third kappa shape index (κ3) is 2.85. The lowest BCUT2D eigenvalue weighted by Gasteiger charge is -2.31. The molecule has 1 aliphatic rings. The molecule has 1 aliphatic heterocycles. The second-order valence-corrected chi connectivity index (χ2v) is 5.19. The number of rotatable bonds is 5. The summed E-state index contributed by atoms with van der Waals surface area (Å²) in [5.41, 5.74) is -0.169. The largest absolute Gasteiger partial charge is 0.294 e. The van der Waals surface area contributed by atoms with E-state index in [1.165, 1.54) is 13.3 Å². The highest BCUT2D eigenvalue weighted by Crippen LogP contribution is 2.38. The first-order valence-electron chi connectivity index (χ1n) is 6.41. The fraction of sp³-hybridized carbons (Fsp3) is 0.357. The lowest BCUT2D eigenvalue weighted by Crippen LogP contribution is -2.48. The van der Waals surface area contributed by atoms with E-state index in [9.17, 15) is 10.1 Å². The topological polar surface area (TPSA) is 80.8 Å². The molecule has 3 atom stereocenters. The third-order valence-electron chi connectivity index (χ3n) is 3.68. The van der Waals surface area contributed by atoms with Crippen molar-refractivity contribution in [1.29, 1.82) is 0 Å². The average molecular weight is 307 g/mol.